The number of anilines is 1. The topological polar surface area (TPSA) is 80.1 Å². The molecule has 4 aromatic rings. The molecule has 0 saturated carbocycles. The number of imidazole rings is 1. The van der Waals surface area contributed by atoms with E-state index < -0.39 is 17.7 Å². The Morgan fingerprint density at radius 1 is 1.02 bits per heavy atom. The number of aromatic carboxylic acids is 1. The van der Waals surface area contributed by atoms with E-state index in [1.54, 1.807) is 18.2 Å². The number of carboxylic acids is 1. The Bertz CT molecular complexity index is 1560. The molecule has 8 nitrogen and oxygen atoms in total. The number of rotatable bonds is 9. The number of piperazine rings is 1. The predicted octanol–water partition coefficient (Wildman–Crippen LogP) is 5.44. The summed E-state index contributed by atoms with van der Waals surface area (Å²) in [7, 11) is 0. The third-order valence-electron chi connectivity index (χ3n) is 7.86. The minimum atomic E-state index is -4.36. The van der Waals surface area contributed by atoms with Gasteiger partial charge in [0.25, 0.3) is 0 Å². The highest BCUT2D eigenvalue weighted by molar-refractivity contribution is 5.92. The van der Waals surface area contributed by atoms with Gasteiger partial charge in [-0.05, 0) is 54.4 Å². The maximum absolute atomic E-state index is 12.8. The fourth-order valence-electron chi connectivity index (χ4n) is 5.35. The van der Waals surface area contributed by atoms with Crippen LogP contribution in [0.2, 0.25) is 0 Å². The van der Waals surface area contributed by atoms with Crippen LogP contribution in [0.3, 0.4) is 0 Å². The number of alkyl halides is 3. The van der Waals surface area contributed by atoms with Gasteiger partial charge in [0.1, 0.15) is 18.2 Å². The predicted molar refractivity (Wildman–Crippen MR) is 151 cm³/mol. The summed E-state index contributed by atoms with van der Waals surface area (Å²) in [5.41, 5.74) is 2.84. The average Bonchev–Trinajstić information content (AvgIpc) is 3.30. The first kappa shape index (κ1) is 28.0. The molecule has 3 heterocycles. The first-order chi connectivity index (χ1) is 20.2. The molecule has 0 amide bonds. The van der Waals surface area contributed by atoms with Crippen LogP contribution in [0, 0.1) is 0 Å². The van der Waals surface area contributed by atoms with Crippen molar-refractivity contribution in [1.29, 1.82) is 0 Å². The SMILES string of the molecule is O=C(O)c1ccc2nc(CN3CCN(c4cccc(OCc5ccc(C(F)(F)F)cc5)c4)CC3)n(C[C@@H]3CCO3)c2c1. The number of benzene rings is 3. The van der Waals surface area contributed by atoms with Gasteiger partial charge in [0, 0.05) is 44.5 Å². The number of aromatic nitrogens is 2. The minimum absolute atomic E-state index is 0.111. The van der Waals surface area contributed by atoms with Gasteiger partial charge < -0.3 is 24.0 Å². The van der Waals surface area contributed by atoms with Crippen molar-refractivity contribution in [1.82, 2.24) is 14.5 Å². The summed E-state index contributed by atoms with van der Waals surface area (Å²) < 4.78 is 52.1. The molecule has 0 bridgehead atoms. The van der Waals surface area contributed by atoms with Crippen molar-refractivity contribution in [3.8, 4) is 5.75 Å². The quantitative estimate of drug-likeness (QED) is 0.282. The van der Waals surface area contributed by atoms with Crippen molar-refractivity contribution in [2.75, 3.05) is 37.7 Å². The normalized spacial score (nSPS) is 17.8. The van der Waals surface area contributed by atoms with Crippen LogP contribution >= 0.6 is 0 Å². The average molecular weight is 581 g/mol. The van der Waals surface area contributed by atoms with Gasteiger partial charge >= 0.3 is 12.1 Å². The molecule has 0 spiro atoms. The number of nitrogens with zero attached hydrogens (tertiary/aromatic N) is 4. The van der Waals surface area contributed by atoms with Crippen LogP contribution in [0.5, 0.6) is 5.75 Å². The van der Waals surface area contributed by atoms with Crippen molar-refractivity contribution in [2.45, 2.75) is 38.4 Å². The molecule has 1 N–H and O–H groups in total. The zero-order valence-electron chi connectivity index (χ0n) is 22.9. The number of fused-ring (bicyclic) bond motifs is 1. The summed E-state index contributed by atoms with van der Waals surface area (Å²) in [6.45, 7) is 5.46. The van der Waals surface area contributed by atoms with E-state index >= 15 is 0 Å². The van der Waals surface area contributed by atoms with E-state index in [4.69, 9.17) is 14.5 Å². The lowest BCUT2D eigenvalue weighted by molar-refractivity contribution is -0.137. The number of carbonyl (C=O) groups is 1. The number of carboxylic acid groups (broad SMARTS) is 1. The number of hydrogen-bond acceptors (Lipinski definition) is 6. The van der Waals surface area contributed by atoms with Crippen molar-refractivity contribution in [3.63, 3.8) is 0 Å². The monoisotopic (exact) mass is 580 g/mol. The molecule has 2 fully saturated rings. The van der Waals surface area contributed by atoms with Gasteiger partial charge in [-0.3, -0.25) is 4.90 Å². The Morgan fingerprint density at radius 2 is 1.79 bits per heavy atom. The molecule has 0 unspecified atom stereocenters. The molecule has 0 radical (unpaired) electrons. The second-order valence-corrected chi connectivity index (χ2v) is 10.7. The maximum atomic E-state index is 12.8. The fraction of sp³-hybridized carbons (Fsp3) is 0.355. The zero-order chi connectivity index (χ0) is 29.3. The molecule has 1 atom stereocenters. The van der Waals surface area contributed by atoms with Crippen LogP contribution in [-0.4, -0.2) is 64.4 Å². The number of halogens is 3. The molecule has 11 heteroatoms. The van der Waals surface area contributed by atoms with E-state index in [1.165, 1.54) is 12.1 Å². The van der Waals surface area contributed by atoms with Gasteiger partial charge in [0.05, 0.1) is 41.4 Å². The lowest BCUT2D eigenvalue weighted by atomic mass is 10.1. The molecule has 3 aromatic carbocycles. The van der Waals surface area contributed by atoms with Crippen molar-refractivity contribution >= 4 is 22.7 Å². The molecule has 2 aliphatic rings. The van der Waals surface area contributed by atoms with Crippen LogP contribution in [0.4, 0.5) is 18.9 Å². The number of hydrogen-bond donors (Lipinski definition) is 1. The van der Waals surface area contributed by atoms with E-state index in [0.29, 0.717) is 24.4 Å². The lowest BCUT2D eigenvalue weighted by Gasteiger charge is -2.36. The Morgan fingerprint density at radius 3 is 2.45 bits per heavy atom. The maximum Gasteiger partial charge on any atom is 0.416 e. The molecular weight excluding hydrogens is 549 g/mol. The Labute approximate surface area is 240 Å². The second kappa shape index (κ2) is 11.7. The van der Waals surface area contributed by atoms with E-state index in [-0.39, 0.29) is 18.3 Å². The summed E-state index contributed by atoms with van der Waals surface area (Å²) in [6, 6.07) is 17.8. The zero-order valence-corrected chi connectivity index (χ0v) is 22.9. The summed E-state index contributed by atoms with van der Waals surface area (Å²) in [5, 5.41) is 9.48. The van der Waals surface area contributed by atoms with Gasteiger partial charge in [0.15, 0.2) is 0 Å². The Kier molecular flexibility index (Phi) is 7.78. The van der Waals surface area contributed by atoms with Gasteiger partial charge in [-0.2, -0.15) is 13.2 Å². The molecule has 42 heavy (non-hydrogen) atoms. The summed E-state index contributed by atoms with van der Waals surface area (Å²) in [6.07, 6.45) is -3.27. The van der Waals surface area contributed by atoms with Gasteiger partial charge in [-0.25, -0.2) is 9.78 Å². The molecular formula is C31H31F3N4O4. The van der Waals surface area contributed by atoms with Crippen LogP contribution in [-0.2, 0) is 30.6 Å². The standard InChI is InChI=1S/C31H31F3N4O4/c32-31(33,34)23-7-4-21(5-8-23)20-42-25-3-1-2-24(17-25)37-13-11-36(12-14-37)19-29-35-27-9-6-22(30(39)40)16-28(27)38(29)18-26-10-15-41-26/h1-9,16-17,26H,10-15,18-20H2,(H,39,40)/t26-/m0/s1. The van der Waals surface area contributed by atoms with Crippen LogP contribution in [0.1, 0.15) is 33.7 Å². The van der Waals surface area contributed by atoms with E-state index in [1.807, 2.05) is 24.3 Å². The minimum Gasteiger partial charge on any atom is -0.489 e. The third kappa shape index (κ3) is 6.22. The fourth-order valence-corrected chi connectivity index (χ4v) is 5.35. The van der Waals surface area contributed by atoms with Gasteiger partial charge in [-0.15, -0.1) is 0 Å². The van der Waals surface area contributed by atoms with Crippen LogP contribution in [0.25, 0.3) is 11.0 Å². The van der Waals surface area contributed by atoms with Crippen molar-refractivity contribution in [2.24, 2.45) is 0 Å². The van der Waals surface area contributed by atoms with Crippen LogP contribution in [0.15, 0.2) is 66.7 Å². The first-order valence-electron chi connectivity index (χ1n) is 13.9. The highest BCUT2D eigenvalue weighted by atomic mass is 19.4. The highest BCUT2D eigenvalue weighted by Crippen LogP contribution is 2.30. The molecule has 0 aliphatic carbocycles. The Balaban J connectivity index is 1.08. The summed E-state index contributed by atoms with van der Waals surface area (Å²) in [5.74, 6) is 0.592. The summed E-state index contributed by atoms with van der Waals surface area (Å²) in [4.78, 5) is 21.1. The molecule has 220 valence electrons. The van der Waals surface area contributed by atoms with Crippen molar-refractivity contribution in [3.05, 3.63) is 89.2 Å². The van der Waals surface area contributed by atoms with E-state index in [9.17, 15) is 23.1 Å². The summed E-state index contributed by atoms with van der Waals surface area (Å²) >= 11 is 0. The third-order valence-corrected chi connectivity index (χ3v) is 7.86. The van der Waals surface area contributed by atoms with Crippen molar-refractivity contribution < 1.29 is 32.5 Å². The lowest BCUT2D eigenvalue weighted by Crippen LogP contribution is -2.46. The van der Waals surface area contributed by atoms with Crippen LogP contribution < -0.4 is 9.64 Å². The number of ether oxygens (including phenoxy) is 2. The molecule has 6 rings (SSSR count). The second-order valence-electron chi connectivity index (χ2n) is 10.7. The largest absolute Gasteiger partial charge is 0.489 e. The van der Waals surface area contributed by atoms with E-state index in [2.05, 4.69) is 14.4 Å². The first-order valence-corrected chi connectivity index (χ1v) is 13.9. The highest BCUT2D eigenvalue weighted by Gasteiger charge is 2.30. The van der Waals surface area contributed by atoms with Gasteiger partial charge in [-0.1, -0.05) is 18.2 Å². The molecule has 2 saturated heterocycles. The Hall–Kier alpha value is -4.09. The smallest absolute Gasteiger partial charge is 0.416 e. The van der Waals surface area contributed by atoms with Gasteiger partial charge in [0.2, 0.25) is 0 Å². The van der Waals surface area contributed by atoms with E-state index in [0.717, 1.165) is 73.9 Å². The molecule has 2 aliphatic heterocycles. The molecule has 1 aromatic heterocycles.